The standard InChI is InChI=1S/C11H18N2O2S/c1-7(2)5-9(10(14)15-4)13-11-12-8(3)6-16-11/h6-7,9H,5H2,1-4H3,(H,12,13). The Hall–Kier alpha value is -1.10. The first-order valence-electron chi connectivity index (χ1n) is 5.29. The molecular formula is C11H18N2O2S. The summed E-state index contributed by atoms with van der Waals surface area (Å²) in [6.07, 6.45) is 0.741. The molecule has 16 heavy (non-hydrogen) atoms. The lowest BCUT2D eigenvalue weighted by molar-refractivity contribution is -0.141. The summed E-state index contributed by atoms with van der Waals surface area (Å²) >= 11 is 1.50. The molecule has 0 aliphatic carbocycles. The Bertz CT molecular complexity index is 350. The molecule has 0 saturated carbocycles. The van der Waals surface area contributed by atoms with Crippen LogP contribution in [-0.2, 0) is 9.53 Å². The Labute approximate surface area is 100 Å². The predicted molar refractivity (Wildman–Crippen MR) is 65.7 cm³/mol. The number of hydrogen-bond acceptors (Lipinski definition) is 5. The molecular weight excluding hydrogens is 224 g/mol. The minimum Gasteiger partial charge on any atom is -0.467 e. The Morgan fingerprint density at radius 3 is 2.75 bits per heavy atom. The number of anilines is 1. The fourth-order valence-corrected chi connectivity index (χ4v) is 2.14. The van der Waals surface area contributed by atoms with Crippen molar-refractivity contribution in [3.05, 3.63) is 11.1 Å². The van der Waals surface area contributed by atoms with Crippen molar-refractivity contribution in [3.8, 4) is 0 Å². The molecule has 0 saturated heterocycles. The van der Waals surface area contributed by atoms with Gasteiger partial charge in [0.15, 0.2) is 5.13 Å². The van der Waals surface area contributed by atoms with Gasteiger partial charge in [0.2, 0.25) is 0 Å². The topological polar surface area (TPSA) is 51.2 Å². The molecule has 4 nitrogen and oxygen atoms in total. The van der Waals surface area contributed by atoms with Crippen LogP contribution < -0.4 is 5.32 Å². The molecule has 1 N–H and O–H groups in total. The van der Waals surface area contributed by atoms with Gasteiger partial charge in [-0.25, -0.2) is 9.78 Å². The van der Waals surface area contributed by atoms with Crippen LogP contribution in [0.15, 0.2) is 5.38 Å². The summed E-state index contributed by atoms with van der Waals surface area (Å²) in [7, 11) is 1.41. The van der Waals surface area contributed by atoms with Crippen LogP contribution in [0.25, 0.3) is 0 Å². The summed E-state index contributed by atoms with van der Waals surface area (Å²) in [6, 6.07) is -0.310. The van der Waals surface area contributed by atoms with Crippen molar-refractivity contribution in [3.63, 3.8) is 0 Å². The van der Waals surface area contributed by atoms with Crippen LogP contribution in [0.5, 0.6) is 0 Å². The normalized spacial score (nSPS) is 12.6. The van der Waals surface area contributed by atoms with Gasteiger partial charge in [-0.3, -0.25) is 0 Å². The van der Waals surface area contributed by atoms with E-state index >= 15 is 0 Å². The van der Waals surface area contributed by atoms with E-state index in [1.807, 2.05) is 12.3 Å². The number of thiazole rings is 1. The highest BCUT2D eigenvalue weighted by Crippen LogP contribution is 2.18. The second-order valence-corrected chi connectivity index (χ2v) is 5.00. The maximum absolute atomic E-state index is 11.6. The first-order valence-corrected chi connectivity index (χ1v) is 6.17. The third-order valence-corrected chi connectivity index (χ3v) is 3.00. The zero-order valence-corrected chi connectivity index (χ0v) is 10.9. The lowest BCUT2D eigenvalue weighted by Gasteiger charge is -2.17. The minimum atomic E-state index is -0.310. The first kappa shape index (κ1) is 13.0. The van der Waals surface area contributed by atoms with Gasteiger partial charge in [-0.15, -0.1) is 11.3 Å². The van der Waals surface area contributed by atoms with Gasteiger partial charge in [0.25, 0.3) is 0 Å². The molecule has 1 atom stereocenters. The second kappa shape index (κ2) is 5.84. The van der Waals surface area contributed by atoms with E-state index in [2.05, 4.69) is 24.1 Å². The first-order chi connectivity index (χ1) is 7.52. The van der Waals surface area contributed by atoms with Crippen molar-refractivity contribution in [2.75, 3.05) is 12.4 Å². The molecule has 1 unspecified atom stereocenters. The van der Waals surface area contributed by atoms with Gasteiger partial charge in [0.1, 0.15) is 6.04 Å². The number of aryl methyl sites for hydroxylation is 1. The molecule has 1 aromatic rings. The Kier molecular flexibility index (Phi) is 4.73. The van der Waals surface area contributed by atoms with Crippen LogP contribution in [0.2, 0.25) is 0 Å². The van der Waals surface area contributed by atoms with Crippen molar-refractivity contribution in [2.24, 2.45) is 5.92 Å². The zero-order chi connectivity index (χ0) is 12.1. The molecule has 0 amide bonds. The number of methoxy groups -OCH3 is 1. The number of nitrogens with zero attached hydrogens (tertiary/aromatic N) is 1. The van der Waals surface area contributed by atoms with Crippen LogP contribution in [0, 0.1) is 12.8 Å². The molecule has 0 aromatic carbocycles. The molecule has 1 heterocycles. The Morgan fingerprint density at radius 2 is 2.31 bits per heavy atom. The van der Waals surface area contributed by atoms with Crippen LogP contribution in [0.1, 0.15) is 26.0 Å². The van der Waals surface area contributed by atoms with Crippen LogP contribution in [-0.4, -0.2) is 24.1 Å². The fourth-order valence-electron chi connectivity index (χ4n) is 1.40. The average Bonchev–Trinajstić information content (AvgIpc) is 2.61. The summed E-state index contributed by atoms with van der Waals surface area (Å²) in [4.78, 5) is 15.8. The lowest BCUT2D eigenvalue weighted by Crippen LogP contribution is -2.32. The molecule has 90 valence electrons. The number of rotatable bonds is 5. The largest absolute Gasteiger partial charge is 0.467 e. The molecule has 0 spiro atoms. The van der Waals surface area contributed by atoms with E-state index in [1.54, 1.807) is 0 Å². The van der Waals surface area contributed by atoms with Crippen molar-refractivity contribution in [1.82, 2.24) is 4.98 Å². The molecule has 5 heteroatoms. The zero-order valence-electron chi connectivity index (χ0n) is 10.1. The molecule has 0 aliphatic rings. The smallest absolute Gasteiger partial charge is 0.328 e. The summed E-state index contributed by atoms with van der Waals surface area (Å²) in [6.45, 7) is 6.08. The third-order valence-electron chi connectivity index (χ3n) is 2.11. The monoisotopic (exact) mass is 242 g/mol. The van der Waals surface area contributed by atoms with E-state index in [9.17, 15) is 4.79 Å². The highest BCUT2D eigenvalue weighted by Gasteiger charge is 2.21. The van der Waals surface area contributed by atoms with Crippen molar-refractivity contribution in [1.29, 1.82) is 0 Å². The lowest BCUT2D eigenvalue weighted by atomic mass is 10.0. The van der Waals surface area contributed by atoms with E-state index < -0.39 is 0 Å². The van der Waals surface area contributed by atoms with Crippen molar-refractivity contribution >= 4 is 22.4 Å². The van der Waals surface area contributed by atoms with Gasteiger partial charge in [-0.2, -0.15) is 0 Å². The number of nitrogens with one attached hydrogen (secondary N) is 1. The van der Waals surface area contributed by atoms with E-state index in [0.29, 0.717) is 5.92 Å². The van der Waals surface area contributed by atoms with Crippen LogP contribution >= 0.6 is 11.3 Å². The molecule has 0 radical (unpaired) electrons. The predicted octanol–water partition coefficient (Wildman–Crippen LogP) is 2.45. The highest BCUT2D eigenvalue weighted by molar-refractivity contribution is 7.13. The summed E-state index contributed by atoms with van der Waals surface area (Å²) in [5, 5.41) is 5.84. The van der Waals surface area contributed by atoms with Gasteiger partial charge < -0.3 is 10.1 Å². The minimum absolute atomic E-state index is 0.235. The number of esters is 1. The second-order valence-electron chi connectivity index (χ2n) is 4.14. The van der Waals surface area contributed by atoms with Gasteiger partial charge in [-0.05, 0) is 19.3 Å². The number of carbonyl (C=O) groups excluding carboxylic acids is 1. The van der Waals surface area contributed by atoms with Gasteiger partial charge in [-0.1, -0.05) is 13.8 Å². The Morgan fingerprint density at radius 1 is 1.62 bits per heavy atom. The third kappa shape index (κ3) is 3.81. The summed E-state index contributed by atoms with van der Waals surface area (Å²) < 4.78 is 4.77. The van der Waals surface area contributed by atoms with Crippen LogP contribution in [0.3, 0.4) is 0 Å². The van der Waals surface area contributed by atoms with Gasteiger partial charge in [0, 0.05) is 5.38 Å². The molecule has 1 aromatic heterocycles. The number of hydrogen-bond donors (Lipinski definition) is 1. The highest BCUT2D eigenvalue weighted by atomic mass is 32.1. The molecule has 0 fully saturated rings. The van der Waals surface area contributed by atoms with E-state index in [4.69, 9.17) is 4.74 Å². The van der Waals surface area contributed by atoms with Crippen molar-refractivity contribution in [2.45, 2.75) is 33.2 Å². The van der Waals surface area contributed by atoms with Crippen LogP contribution in [0.4, 0.5) is 5.13 Å². The quantitative estimate of drug-likeness (QED) is 0.806. The fraction of sp³-hybridized carbons (Fsp3) is 0.636. The molecule has 1 rings (SSSR count). The van der Waals surface area contributed by atoms with E-state index in [-0.39, 0.29) is 12.0 Å². The van der Waals surface area contributed by atoms with Gasteiger partial charge in [0.05, 0.1) is 12.8 Å². The van der Waals surface area contributed by atoms with E-state index in [0.717, 1.165) is 17.2 Å². The summed E-state index contributed by atoms with van der Waals surface area (Å²) in [5.41, 5.74) is 0.959. The number of carbonyl (C=O) groups is 1. The van der Waals surface area contributed by atoms with Crippen molar-refractivity contribution < 1.29 is 9.53 Å². The Balaban J connectivity index is 2.66. The summed E-state index contributed by atoms with van der Waals surface area (Å²) in [5.74, 6) is 0.194. The molecule has 0 aliphatic heterocycles. The van der Waals surface area contributed by atoms with Gasteiger partial charge >= 0.3 is 5.97 Å². The maximum Gasteiger partial charge on any atom is 0.328 e. The van der Waals surface area contributed by atoms with E-state index in [1.165, 1.54) is 18.4 Å². The molecule has 0 bridgehead atoms. The average molecular weight is 242 g/mol. The SMILES string of the molecule is COC(=O)C(CC(C)C)Nc1nc(C)cs1. The number of aromatic nitrogens is 1. The maximum atomic E-state index is 11.6. The number of ether oxygens (including phenoxy) is 1.